The number of para-hydroxylation sites is 1. The Kier molecular flexibility index (Phi) is 8.23. The second kappa shape index (κ2) is 11.6. The molecule has 11 heteroatoms. The maximum absolute atomic E-state index is 13.0. The minimum atomic E-state index is -4.49. The number of nitrogens with one attached hydrogen (secondary N) is 3. The van der Waals surface area contributed by atoms with Crippen LogP contribution >= 0.6 is 0 Å². The first-order valence-electron chi connectivity index (χ1n) is 12.3. The number of halogens is 3. The van der Waals surface area contributed by atoms with Crippen LogP contribution < -0.4 is 16.0 Å². The van der Waals surface area contributed by atoms with E-state index in [4.69, 9.17) is 4.74 Å². The Morgan fingerprint density at radius 1 is 1.05 bits per heavy atom. The van der Waals surface area contributed by atoms with E-state index in [1.165, 1.54) is 24.3 Å². The van der Waals surface area contributed by atoms with Gasteiger partial charge in [0.25, 0.3) is 5.91 Å². The average Bonchev–Trinajstić information content (AvgIpc) is 3.16. The maximum atomic E-state index is 13.0. The number of benzene rings is 2. The van der Waals surface area contributed by atoms with Gasteiger partial charge in [-0.05, 0) is 56.0 Å². The summed E-state index contributed by atoms with van der Waals surface area (Å²) in [4.78, 5) is 39.5. The quantitative estimate of drug-likeness (QED) is 0.433. The van der Waals surface area contributed by atoms with E-state index in [-0.39, 0.29) is 54.5 Å². The smallest absolute Gasteiger partial charge is 0.416 e. The molecule has 3 N–H and O–H groups in total. The molecular weight excluding hydrogens is 501 g/mol. The molecule has 0 aromatic heterocycles. The fourth-order valence-electron chi connectivity index (χ4n) is 5.05. The molecule has 2 bridgehead atoms. The fourth-order valence-corrected chi connectivity index (χ4v) is 5.05. The van der Waals surface area contributed by atoms with Crippen LogP contribution in [0.3, 0.4) is 0 Å². The minimum Gasteiger partial charge on any atom is -0.445 e. The molecule has 0 radical (unpaired) electrons. The van der Waals surface area contributed by atoms with E-state index in [0.29, 0.717) is 18.5 Å². The number of hydrogen-bond donors (Lipinski definition) is 3. The molecule has 2 fully saturated rings. The standard InChI is InChI=1S/C27H29F3N4O4/c1-2-12-38-26(37)34-20-10-11-21(34)15-19(14-20)33-24(35)16-31-25(36)22-8-3-4-9-23(22)32-18-7-5-6-17(13-18)27(28,29)30/h2-9,13,19-21,32H,1,10-12,14-16H2,(H,31,36)(H,33,35)/t19?,20-,21+. The van der Waals surface area contributed by atoms with Crippen molar-refractivity contribution >= 4 is 29.3 Å². The van der Waals surface area contributed by atoms with Crippen LogP contribution in [-0.4, -0.2) is 54.1 Å². The molecule has 38 heavy (non-hydrogen) atoms. The summed E-state index contributed by atoms with van der Waals surface area (Å²) >= 11 is 0. The molecule has 202 valence electrons. The second-order valence-corrected chi connectivity index (χ2v) is 9.33. The number of piperidine rings is 1. The summed E-state index contributed by atoms with van der Waals surface area (Å²) in [6.45, 7) is 3.42. The fraction of sp³-hybridized carbons (Fsp3) is 0.370. The summed E-state index contributed by atoms with van der Waals surface area (Å²) in [5.74, 6) is -0.913. The Bertz CT molecular complexity index is 1190. The average molecular weight is 531 g/mol. The Morgan fingerprint density at radius 3 is 2.45 bits per heavy atom. The van der Waals surface area contributed by atoms with Gasteiger partial charge in [-0.1, -0.05) is 30.9 Å². The molecule has 2 aromatic carbocycles. The first-order valence-corrected chi connectivity index (χ1v) is 12.3. The summed E-state index contributed by atoms with van der Waals surface area (Å²) < 4.78 is 44.3. The summed E-state index contributed by atoms with van der Waals surface area (Å²) in [6.07, 6.45) is -0.467. The number of hydrogen-bond acceptors (Lipinski definition) is 5. The van der Waals surface area contributed by atoms with E-state index >= 15 is 0 Å². The van der Waals surface area contributed by atoms with Crippen LogP contribution in [0.4, 0.5) is 29.3 Å². The Labute approximate surface area is 218 Å². The van der Waals surface area contributed by atoms with Crippen molar-refractivity contribution in [3.05, 3.63) is 72.3 Å². The molecule has 2 aliphatic heterocycles. The molecular formula is C27H29F3N4O4. The first-order chi connectivity index (χ1) is 18.2. The lowest BCUT2D eigenvalue weighted by atomic mass is 9.97. The van der Waals surface area contributed by atoms with Crippen LogP contribution in [0.15, 0.2) is 61.2 Å². The van der Waals surface area contributed by atoms with Gasteiger partial charge in [0.05, 0.1) is 23.4 Å². The Hall–Kier alpha value is -4.02. The van der Waals surface area contributed by atoms with Gasteiger partial charge in [-0.2, -0.15) is 13.2 Å². The molecule has 2 heterocycles. The summed E-state index contributed by atoms with van der Waals surface area (Å²) in [5.41, 5.74) is -0.152. The van der Waals surface area contributed by atoms with Crippen LogP contribution in [0.2, 0.25) is 0 Å². The zero-order chi connectivity index (χ0) is 27.3. The molecule has 2 saturated heterocycles. The number of rotatable bonds is 8. The van der Waals surface area contributed by atoms with Gasteiger partial charge in [0, 0.05) is 23.8 Å². The highest BCUT2D eigenvalue weighted by Gasteiger charge is 2.44. The minimum absolute atomic E-state index is 0.0141. The highest BCUT2D eigenvalue weighted by atomic mass is 19.4. The van der Waals surface area contributed by atoms with Gasteiger partial charge in [0.1, 0.15) is 6.61 Å². The number of carbonyl (C=O) groups excluding carboxylic acids is 3. The van der Waals surface area contributed by atoms with Crippen molar-refractivity contribution in [2.45, 2.75) is 50.0 Å². The lowest BCUT2D eigenvalue weighted by Gasteiger charge is -2.38. The monoisotopic (exact) mass is 530 g/mol. The lowest BCUT2D eigenvalue weighted by molar-refractivity contribution is -0.137. The lowest BCUT2D eigenvalue weighted by Crippen LogP contribution is -2.53. The predicted molar refractivity (Wildman–Crippen MR) is 135 cm³/mol. The van der Waals surface area contributed by atoms with E-state index in [1.54, 1.807) is 23.1 Å². The summed E-state index contributed by atoms with van der Waals surface area (Å²) in [5, 5.41) is 8.36. The van der Waals surface area contributed by atoms with Crippen LogP contribution in [0.5, 0.6) is 0 Å². The number of carbonyl (C=O) groups is 3. The van der Waals surface area contributed by atoms with Gasteiger partial charge < -0.3 is 25.6 Å². The normalized spacial score (nSPS) is 20.4. The molecule has 8 nitrogen and oxygen atoms in total. The first kappa shape index (κ1) is 27.0. The van der Waals surface area contributed by atoms with Crippen LogP contribution in [0, 0.1) is 0 Å². The van der Waals surface area contributed by atoms with E-state index in [0.717, 1.165) is 25.0 Å². The molecule has 1 unspecified atom stereocenters. The van der Waals surface area contributed by atoms with Crippen molar-refractivity contribution in [3.63, 3.8) is 0 Å². The van der Waals surface area contributed by atoms with Crippen molar-refractivity contribution in [2.24, 2.45) is 0 Å². The third-order valence-corrected chi connectivity index (χ3v) is 6.68. The number of amides is 3. The third-order valence-electron chi connectivity index (χ3n) is 6.68. The van der Waals surface area contributed by atoms with E-state index in [1.807, 2.05) is 0 Å². The van der Waals surface area contributed by atoms with Gasteiger partial charge >= 0.3 is 12.3 Å². The van der Waals surface area contributed by atoms with Crippen LogP contribution in [0.1, 0.15) is 41.6 Å². The zero-order valence-corrected chi connectivity index (χ0v) is 20.6. The largest absolute Gasteiger partial charge is 0.445 e. The van der Waals surface area contributed by atoms with Crippen molar-refractivity contribution in [1.82, 2.24) is 15.5 Å². The number of ether oxygens (including phenoxy) is 1. The molecule has 2 aromatic rings. The van der Waals surface area contributed by atoms with Crippen molar-refractivity contribution < 1.29 is 32.3 Å². The van der Waals surface area contributed by atoms with Gasteiger partial charge in [-0.15, -0.1) is 0 Å². The molecule has 4 rings (SSSR count). The summed E-state index contributed by atoms with van der Waals surface area (Å²) in [6, 6.07) is 10.9. The van der Waals surface area contributed by atoms with E-state index in [9.17, 15) is 27.6 Å². The molecule has 0 saturated carbocycles. The third kappa shape index (κ3) is 6.45. The van der Waals surface area contributed by atoms with Gasteiger partial charge in [-0.3, -0.25) is 9.59 Å². The molecule has 0 aliphatic carbocycles. The van der Waals surface area contributed by atoms with Crippen molar-refractivity contribution in [3.8, 4) is 0 Å². The number of nitrogens with zero attached hydrogens (tertiary/aromatic N) is 1. The van der Waals surface area contributed by atoms with Crippen LogP contribution in [-0.2, 0) is 15.7 Å². The van der Waals surface area contributed by atoms with Gasteiger partial charge in [0.15, 0.2) is 0 Å². The maximum Gasteiger partial charge on any atom is 0.416 e. The second-order valence-electron chi connectivity index (χ2n) is 9.33. The molecule has 2 aliphatic rings. The highest BCUT2D eigenvalue weighted by molar-refractivity contribution is 6.01. The number of alkyl halides is 3. The molecule has 3 amide bonds. The van der Waals surface area contributed by atoms with Crippen LogP contribution in [0.25, 0.3) is 0 Å². The Balaban J connectivity index is 1.31. The topological polar surface area (TPSA) is 99.8 Å². The van der Waals surface area contributed by atoms with E-state index in [2.05, 4.69) is 22.5 Å². The van der Waals surface area contributed by atoms with E-state index < -0.39 is 17.6 Å². The zero-order valence-electron chi connectivity index (χ0n) is 20.6. The molecule has 0 spiro atoms. The van der Waals surface area contributed by atoms with Crippen molar-refractivity contribution in [2.75, 3.05) is 18.5 Å². The van der Waals surface area contributed by atoms with Gasteiger partial charge in [-0.25, -0.2) is 4.79 Å². The van der Waals surface area contributed by atoms with Crippen molar-refractivity contribution in [1.29, 1.82) is 0 Å². The van der Waals surface area contributed by atoms with Gasteiger partial charge in [0.2, 0.25) is 5.91 Å². The highest BCUT2D eigenvalue weighted by Crippen LogP contribution is 2.36. The molecule has 3 atom stereocenters. The number of anilines is 2. The predicted octanol–water partition coefficient (Wildman–Crippen LogP) is 4.61. The summed E-state index contributed by atoms with van der Waals surface area (Å²) in [7, 11) is 0. The Morgan fingerprint density at radius 2 is 1.76 bits per heavy atom. The number of fused-ring (bicyclic) bond motifs is 2. The SMILES string of the molecule is C=CCOC(=O)N1[C@@H]2CC[C@H]1CC(NC(=O)CNC(=O)c1ccccc1Nc1cccc(C(F)(F)F)c1)C2.